The Morgan fingerprint density at radius 2 is 2.05 bits per heavy atom. The Bertz CT molecular complexity index is 685. The summed E-state index contributed by atoms with van der Waals surface area (Å²) in [4.78, 5) is 5.48. The van der Waals surface area contributed by atoms with E-state index in [2.05, 4.69) is 59.8 Å². The van der Waals surface area contributed by atoms with Gasteiger partial charge in [0.25, 0.3) is 0 Å². The van der Waals surface area contributed by atoms with Crippen LogP contribution in [-0.4, -0.2) is 30.5 Å². The number of benzene rings is 1. The lowest BCUT2D eigenvalue weighted by Crippen LogP contribution is -2.30. The van der Waals surface area contributed by atoms with Crippen LogP contribution in [0.25, 0.3) is 10.9 Å². The van der Waals surface area contributed by atoms with Gasteiger partial charge in [0.15, 0.2) is 0 Å². The Morgan fingerprint density at radius 3 is 2.81 bits per heavy atom. The fraction of sp³-hybridized carbons (Fsp3) is 0.294. The number of para-hydroxylation sites is 1. The molecule has 0 spiro atoms. The molecule has 1 unspecified atom stereocenters. The van der Waals surface area contributed by atoms with Gasteiger partial charge in [-0.1, -0.05) is 18.2 Å². The standard InChI is InChI=1S/C17H21N3O/c1-20(2)16(17-8-5-9-21-17)12-18-10-13-11-19-15-7-4-3-6-14(13)15/h3-9,11,16,18-19H,10,12H2,1-2H3. The molecule has 0 bridgehead atoms. The number of aromatic nitrogens is 1. The third-order valence-electron chi connectivity index (χ3n) is 3.82. The number of furan rings is 1. The Balaban J connectivity index is 1.65. The van der Waals surface area contributed by atoms with E-state index in [4.69, 9.17) is 4.42 Å². The number of nitrogens with zero attached hydrogens (tertiary/aromatic N) is 1. The zero-order chi connectivity index (χ0) is 14.7. The van der Waals surface area contributed by atoms with E-state index in [0.717, 1.165) is 18.8 Å². The summed E-state index contributed by atoms with van der Waals surface area (Å²) >= 11 is 0. The van der Waals surface area contributed by atoms with Crippen LogP contribution < -0.4 is 5.32 Å². The molecule has 1 aromatic carbocycles. The second kappa shape index (κ2) is 6.16. The second-order valence-corrected chi connectivity index (χ2v) is 5.49. The van der Waals surface area contributed by atoms with Crippen LogP contribution in [0.5, 0.6) is 0 Å². The molecule has 0 aliphatic rings. The monoisotopic (exact) mass is 283 g/mol. The molecular formula is C17H21N3O. The van der Waals surface area contributed by atoms with Gasteiger partial charge < -0.3 is 14.7 Å². The number of rotatable bonds is 6. The second-order valence-electron chi connectivity index (χ2n) is 5.49. The van der Waals surface area contributed by atoms with Crippen molar-refractivity contribution in [2.24, 2.45) is 0 Å². The zero-order valence-electron chi connectivity index (χ0n) is 12.5. The van der Waals surface area contributed by atoms with E-state index >= 15 is 0 Å². The maximum absolute atomic E-state index is 5.53. The van der Waals surface area contributed by atoms with Gasteiger partial charge in [0.1, 0.15) is 5.76 Å². The van der Waals surface area contributed by atoms with Crippen LogP contribution in [0.2, 0.25) is 0 Å². The van der Waals surface area contributed by atoms with Crippen molar-refractivity contribution in [3.8, 4) is 0 Å². The zero-order valence-corrected chi connectivity index (χ0v) is 12.5. The molecule has 0 saturated heterocycles. The van der Waals surface area contributed by atoms with E-state index in [-0.39, 0.29) is 6.04 Å². The van der Waals surface area contributed by atoms with Crippen molar-refractivity contribution in [3.63, 3.8) is 0 Å². The highest BCUT2D eigenvalue weighted by Crippen LogP contribution is 2.19. The molecular weight excluding hydrogens is 262 g/mol. The molecule has 1 atom stereocenters. The van der Waals surface area contributed by atoms with Crippen LogP contribution in [0.4, 0.5) is 0 Å². The van der Waals surface area contributed by atoms with Crippen molar-refractivity contribution in [3.05, 3.63) is 60.2 Å². The van der Waals surface area contributed by atoms with E-state index in [0.29, 0.717) is 0 Å². The highest BCUT2D eigenvalue weighted by atomic mass is 16.3. The third-order valence-corrected chi connectivity index (χ3v) is 3.82. The number of hydrogen-bond acceptors (Lipinski definition) is 3. The molecule has 3 aromatic rings. The first-order chi connectivity index (χ1) is 10.3. The van der Waals surface area contributed by atoms with Crippen molar-refractivity contribution in [1.29, 1.82) is 0 Å². The van der Waals surface area contributed by atoms with E-state index < -0.39 is 0 Å². The quantitative estimate of drug-likeness (QED) is 0.730. The number of fused-ring (bicyclic) bond motifs is 1. The molecule has 4 nitrogen and oxygen atoms in total. The van der Waals surface area contributed by atoms with Gasteiger partial charge in [-0.05, 0) is 37.9 Å². The van der Waals surface area contributed by atoms with Crippen LogP contribution in [0.3, 0.4) is 0 Å². The fourth-order valence-electron chi connectivity index (χ4n) is 2.64. The summed E-state index contributed by atoms with van der Waals surface area (Å²) in [6.07, 6.45) is 3.81. The number of hydrogen-bond donors (Lipinski definition) is 2. The molecule has 2 heterocycles. The normalized spacial score (nSPS) is 13.1. The number of aromatic amines is 1. The third kappa shape index (κ3) is 3.01. The number of H-pyrrole nitrogens is 1. The minimum absolute atomic E-state index is 0.241. The largest absolute Gasteiger partial charge is 0.468 e. The molecule has 0 saturated carbocycles. The SMILES string of the molecule is CN(C)C(CNCc1c[nH]c2ccccc12)c1ccco1. The van der Waals surface area contributed by atoms with Crippen LogP contribution in [-0.2, 0) is 6.54 Å². The van der Waals surface area contributed by atoms with E-state index in [1.54, 1.807) is 6.26 Å². The van der Waals surface area contributed by atoms with Crippen molar-refractivity contribution in [1.82, 2.24) is 15.2 Å². The van der Waals surface area contributed by atoms with Gasteiger partial charge in [-0.15, -0.1) is 0 Å². The molecule has 0 amide bonds. The highest BCUT2D eigenvalue weighted by molar-refractivity contribution is 5.82. The highest BCUT2D eigenvalue weighted by Gasteiger charge is 2.16. The number of likely N-dealkylation sites (N-methyl/N-ethyl adjacent to an activating group) is 1. The summed E-state index contributed by atoms with van der Waals surface area (Å²) in [5, 5.41) is 4.81. The van der Waals surface area contributed by atoms with Crippen molar-refractivity contribution < 1.29 is 4.42 Å². The molecule has 4 heteroatoms. The van der Waals surface area contributed by atoms with E-state index in [9.17, 15) is 0 Å². The van der Waals surface area contributed by atoms with Gasteiger partial charge in [0.05, 0.1) is 12.3 Å². The summed E-state index contributed by atoms with van der Waals surface area (Å²) in [5.74, 6) is 0.992. The first kappa shape index (κ1) is 13.9. The summed E-state index contributed by atoms with van der Waals surface area (Å²) in [7, 11) is 4.14. The van der Waals surface area contributed by atoms with Crippen LogP contribution in [0.15, 0.2) is 53.3 Å². The summed E-state index contributed by atoms with van der Waals surface area (Å²) in [6, 6.07) is 12.6. The van der Waals surface area contributed by atoms with Crippen molar-refractivity contribution >= 4 is 10.9 Å². The Kier molecular flexibility index (Phi) is 4.08. The van der Waals surface area contributed by atoms with E-state index in [1.165, 1.54) is 16.5 Å². The van der Waals surface area contributed by atoms with Crippen LogP contribution >= 0.6 is 0 Å². The molecule has 110 valence electrons. The van der Waals surface area contributed by atoms with Gasteiger partial charge in [0.2, 0.25) is 0 Å². The minimum Gasteiger partial charge on any atom is -0.468 e. The fourth-order valence-corrected chi connectivity index (χ4v) is 2.64. The van der Waals surface area contributed by atoms with Gasteiger partial charge in [-0.2, -0.15) is 0 Å². The molecule has 0 aliphatic carbocycles. The Labute approximate surface area is 124 Å². The predicted octanol–water partition coefficient (Wildman–Crippen LogP) is 3.15. The molecule has 2 aromatic heterocycles. The molecule has 2 N–H and O–H groups in total. The summed E-state index contributed by atoms with van der Waals surface area (Å²) in [5.41, 5.74) is 2.48. The maximum atomic E-state index is 5.53. The van der Waals surface area contributed by atoms with Gasteiger partial charge in [0, 0.05) is 30.2 Å². The maximum Gasteiger partial charge on any atom is 0.122 e. The van der Waals surface area contributed by atoms with Crippen molar-refractivity contribution in [2.75, 3.05) is 20.6 Å². The molecule has 0 aliphatic heterocycles. The van der Waals surface area contributed by atoms with E-state index in [1.807, 2.05) is 12.1 Å². The van der Waals surface area contributed by atoms with Gasteiger partial charge in [-0.25, -0.2) is 0 Å². The summed E-state index contributed by atoms with van der Waals surface area (Å²) < 4.78 is 5.53. The smallest absolute Gasteiger partial charge is 0.122 e. The number of nitrogens with one attached hydrogen (secondary N) is 2. The van der Waals surface area contributed by atoms with Crippen LogP contribution in [0.1, 0.15) is 17.4 Å². The molecule has 0 fully saturated rings. The molecule has 3 rings (SSSR count). The Morgan fingerprint density at radius 1 is 1.19 bits per heavy atom. The van der Waals surface area contributed by atoms with Gasteiger partial charge in [-0.3, -0.25) is 4.90 Å². The predicted molar refractivity (Wildman–Crippen MR) is 85.1 cm³/mol. The molecule has 21 heavy (non-hydrogen) atoms. The lowest BCUT2D eigenvalue weighted by molar-refractivity contribution is 0.250. The average Bonchev–Trinajstić information content (AvgIpc) is 3.13. The Hall–Kier alpha value is -2.04. The van der Waals surface area contributed by atoms with Gasteiger partial charge >= 0.3 is 0 Å². The van der Waals surface area contributed by atoms with Crippen molar-refractivity contribution in [2.45, 2.75) is 12.6 Å². The summed E-state index contributed by atoms with van der Waals surface area (Å²) in [6.45, 7) is 1.69. The van der Waals surface area contributed by atoms with Crippen LogP contribution in [0, 0.1) is 0 Å². The molecule has 0 radical (unpaired) electrons. The lowest BCUT2D eigenvalue weighted by atomic mass is 10.1. The topological polar surface area (TPSA) is 44.2 Å². The first-order valence-electron chi connectivity index (χ1n) is 7.21. The first-order valence-corrected chi connectivity index (χ1v) is 7.21. The lowest BCUT2D eigenvalue weighted by Gasteiger charge is -2.22. The minimum atomic E-state index is 0.241. The average molecular weight is 283 g/mol.